The summed E-state index contributed by atoms with van der Waals surface area (Å²) >= 11 is 25.3. The molecule has 0 fully saturated rings. The van der Waals surface area contributed by atoms with E-state index < -0.39 is 16.7 Å². The fourth-order valence-corrected chi connectivity index (χ4v) is 2.89. The highest BCUT2D eigenvalue weighted by Gasteiger charge is 2.11. The molecule has 3 N–H and O–H groups in total. The number of nitrogens with one attached hydrogen (secondary N) is 3. The summed E-state index contributed by atoms with van der Waals surface area (Å²) in [5, 5.41) is 0.354. The van der Waals surface area contributed by atoms with Gasteiger partial charge >= 0.3 is 11.1 Å². The van der Waals surface area contributed by atoms with Crippen molar-refractivity contribution in [3.05, 3.63) is 58.2 Å². The van der Waals surface area contributed by atoms with E-state index in [-0.39, 0.29) is 32.4 Å². The number of rotatable bonds is 2. The fraction of sp³-hybridized carbons (Fsp3) is 0.143. The van der Waals surface area contributed by atoms with Gasteiger partial charge in [0.25, 0.3) is 5.56 Å². The Balaban J connectivity index is 0.000000171. The van der Waals surface area contributed by atoms with Crippen LogP contribution in [0.1, 0.15) is 11.6 Å². The van der Waals surface area contributed by atoms with Gasteiger partial charge in [-0.25, -0.2) is 24.9 Å². The van der Waals surface area contributed by atoms with E-state index in [9.17, 15) is 14.4 Å². The number of hydrogen-bond donors (Lipinski definition) is 5. The number of nitrogens with zero attached hydrogens (tertiary/aromatic N) is 5. The first kappa shape index (κ1) is 22.5. The molecule has 4 aromatic rings. The van der Waals surface area contributed by atoms with Crippen molar-refractivity contribution in [1.29, 1.82) is 0 Å². The molecule has 16 heteroatoms. The minimum absolute atomic E-state index is 0.0485. The molecule has 4 rings (SSSR count). The molecule has 0 aromatic carbocycles. The van der Waals surface area contributed by atoms with Crippen LogP contribution in [-0.2, 0) is 11.5 Å². The third-order valence-electron chi connectivity index (χ3n) is 3.39. The highest BCUT2D eigenvalue weighted by atomic mass is 35.5. The van der Waals surface area contributed by atoms with Gasteiger partial charge in [-0.1, -0.05) is 34.8 Å². The molecule has 30 heavy (non-hydrogen) atoms. The van der Waals surface area contributed by atoms with Gasteiger partial charge < -0.3 is 15.0 Å². The molecular weight excluding hydrogens is 499 g/mol. The summed E-state index contributed by atoms with van der Waals surface area (Å²) in [6.45, 7) is 0. The monoisotopic (exact) mass is 506 g/mol. The average Bonchev–Trinajstić information content (AvgIpc) is 2.71. The summed E-state index contributed by atoms with van der Waals surface area (Å²) in [6.07, 6.45) is 0. The molecule has 4 heterocycles. The van der Waals surface area contributed by atoms with Crippen molar-refractivity contribution in [2.45, 2.75) is 11.5 Å². The molecule has 0 atom stereocenters. The summed E-state index contributed by atoms with van der Waals surface area (Å²) in [5.74, 6) is 1.37. The lowest BCUT2D eigenvalue weighted by Gasteiger charge is -2.02. The Bertz CT molecular complexity index is 1440. The molecule has 0 spiro atoms. The van der Waals surface area contributed by atoms with Gasteiger partial charge in [-0.3, -0.25) is 14.4 Å². The van der Waals surface area contributed by atoms with E-state index in [0.717, 1.165) is 0 Å². The second-order valence-electron chi connectivity index (χ2n) is 5.37. The Morgan fingerprint density at radius 3 is 2.03 bits per heavy atom. The number of halogens is 3. The SMILES string of the molecule is O=c1[nH]c2nc(CS)[nH]c(=O)c2[nH]c1=O.SCc1nc(Cl)c2nc(Cl)c(Cl)nc2n1. The zero-order chi connectivity index (χ0) is 22.0. The van der Waals surface area contributed by atoms with Crippen LogP contribution in [-0.4, -0.2) is 39.9 Å². The molecule has 0 radical (unpaired) electrons. The maximum Gasteiger partial charge on any atom is 0.315 e. The van der Waals surface area contributed by atoms with Gasteiger partial charge in [0.05, 0.1) is 5.75 Å². The topological polar surface area (TPSA) is 163 Å². The predicted octanol–water partition coefficient (Wildman–Crippen LogP) is 1.54. The van der Waals surface area contributed by atoms with Crippen molar-refractivity contribution >= 4 is 82.4 Å². The van der Waals surface area contributed by atoms with E-state index in [0.29, 0.717) is 28.6 Å². The van der Waals surface area contributed by atoms with Crippen molar-refractivity contribution in [2.75, 3.05) is 0 Å². The summed E-state index contributed by atoms with van der Waals surface area (Å²) in [5.41, 5.74) is -1.60. The standard InChI is InChI=1S/C7H3Cl3N4S.C7H6N4O3S/c8-4-3-7(12-2(1-15)11-4)14-6(10)5(9)13-3;12-5-3-4(8-2(1-15)9-5)11-7(14)6(13)10-3/h15H,1H2;15H,1H2,(H,10,13)(H2,8,9,11,12,14). The van der Waals surface area contributed by atoms with E-state index >= 15 is 0 Å². The van der Waals surface area contributed by atoms with Gasteiger partial charge in [0.15, 0.2) is 32.3 Å². The van der Waals surface area contributed by atoms with Crippen LogP contribution in [0.15, 0.2) is 14.4 Å². The number of H-pyrrole nitrogens is 3. The zero-order valence-electron chi connectivity index (χ0n) is 14.4. The number of aromatic nitrogens is 8. The van der Waals surface area contributed by atoms with E-state index in [1.165, 1.54) is 0 Å². The van der Waals surface area contributed by atoms with Crippen LogP contribution < -0.4 is 16.7 Å². The highest BCUT2D eigenvalue weighted by molar-refractivity contribution is 7.79. The van der Waals surface area contributed by atoms with Crippen molar-refractivity contribution in [1.82, 2.24) is 39.9 Å². The molecular formula is C14H9Cl3N8O3S2. The lowest BCUT2D eigenvalue weighted by atomic mass is 10.5. The number of hydrogen-bond acceptors (Lipinski definition) is 10. The van der Waals surface area contributed by atoms with Crippen LogP contribution in [0.5, 0.6) is 0 Å². The molecule has 0 aliphatic carbocycles. The Kier molecular flexibility index (Phi) is 6.98. The number of aromatic amines is 3. The molecule has 0 saturated carbocycles. The molecule has 11 nitrogen and oxygen atoms in total. The van der Waals surface area contributed by atoms with E-state index in [1.54, 1.807) is 0 Å². The van der Waals surface area contributed by atoms with Gasteiger partial charge in [-0.15, -0.1) is 0 Å². The number of thiol groups is 2. The Morgan fingerprint density at radius 1 is 0.700 bits per heavy atom. The molecule has 4 aromatic heterocycles. The normalized spacial score (nSPS) is 10.8. The highest BCUT2D eigenvalue weighted by Crippen LogP contribution is 2.23. The van der Waals surface area contributed by atoms with Gasteiger partial charge in [0.1, 0.15) is 17.2 Å². The van der Waals surface area contributed by atoms with Gasteiger partial charge in [0, 0.05) is 5.75 Å². The van der Waals surface area contributed by atoms with Crippen LogP contribution in [0.3, 0.4) is 0 Å². The first-order chi connectivity index (χ1) is 14.2. The second kappa shape index (κ2) is 9.31. The minimum Gasteiger partial charge on any atom is -0.310 e. The summed E-state index contributed by atoms with van der Waals surface area (Å²) in [7, 11) is 0. The predicted molar refractivity (Wildman–Crippen MR) is 119 cm³/mol. The molecule has 0 bridgehead atoms. The van der Waals surface area contributed by atoms with Crippen molar-refractivity contribution in [3.8, 4) is 0 Å². The molecule has 0 aliphatic rings. The summed E-state index contributed by atoms with van der Waals surface area (Å²) < 4.78 is 0. The first-order valence-corrected chi connectivity index (χ1v) is 10.2. The molecule has 0 amide bonds. The Morgan fingerprint density at radius 2 is 1.37 bits per heavy atom. The summed E-state index contributed by atoms with van der Waals surface area (Å²) in [4.78, 5) is 59.9. The Hall–Kier alpha value is -2.19. The largest absolute Gasteiger partial charge is 0.315 e. The third kappa shape index (κ3) is 4.75. The average molecular weight is 508 g/mol. The summed E-state index contributed by atoms with van der Waals surface area (Å²) in [6, 6.07) is 0. The van der Waals surface area contributed by atoms with E-state index in [4.69, 9.17) is 34.8 Å². The van der Waals surface area contributed by atoms with Crippen LogP contribution in [0, 0.1) is 0 Å². The Labute approximate surface area is 191 Å². The minimum atomic E-state index is -0.881. The molecule has 156 valence electrons. The lowest BCUT2D eigenvalue weighted by molar-refractivity contribution is 0.995. The van der Waals surface area contributed by atoms with Crippen molar-refractivity contribution < 1.29 is 0 Å². The first-order valence-electron chi connectivity index (χ1n) is 7.75. The molecule has 0 aliphatic heterocycles. The lowest BCUT2D eigenvalue weighted by Crippen LogP contribution is -2.31. The van der Waals surface area contributed by atoms with Crippen molar-refractivity contribution in [3.63, 3.8) is 0 Å². The fourth-order valence-electron chi connectivity index (χ4n) is 2.12. The van der Waals surface area contributed by atoms with Crippen LogP contribution in [0.25, 0.3) is 22.3 Å². The number of fused-ring (bicyclic) bond motifs is 2. The van der Waals surface area contributed by atoms with Gasteiger partial charge in [-0.05, 0) is 0 Å². The van der Waals surface area contributed by atoms with Crippen molar-refractivity contribution in [2.24, 2.45) is 0 Å². The van der Waals surface area contributed by atoms with Gasteiger partial charge in [0.2, 0.25) is 0 Å². The van der Waals surface area contributed by atoms with E-state index in [1.807, 2.05) is 0 Å². The quantitative estimate of drug-likeness (QED) is 0.155. The van der Waals surface area contributed by atoms with Crippen LogP contribution in [0.2, 0.25) is 15.5 Å². The maximum absolute atomic E-state index is 11.4. The van der Waals surface area contributed by atoms with Crippen LogP contribution >= 0.6 is 60.1 Å². The smallest absolute Gasteiger partial charge is 0.310 e. The second-order valence-corrected chi connectivity index (χ2v) is 7.08. The zero-order valence-corrected chi connectivity index (χ0v) is 18.5. The third-order valence-corrected chi connectivity index (χ3v) is 4.86. The van der Waals surface area contributed by atoms with Crippen LogP contribution in [0.4, 0.5) is 0 Å². The van der Waals surface area contributed by atoms with E-state index in [2.05, 4.69) is 65.1 Å². The maximum atomic E-state index is 11.4. The van der Waals surface area contributed by atoms with Gasteiger partial charge in [-0.2, -0.15) is 25.3 Å². The molecule has 0 saturated heterocycles. The molecule has 0 unspecified atom stereocenters.